The molecule has 8 nitrogen and oxygen atoms in total. The van der Waals surface area contributed by atoms with Crippen LogP contribution < -0.4 is 4.74 Å². The molecule has 0 unspecified atom stereocenters. The second kappa shape index (κ2) is 8.14. The van der Waals surface area contributed by atoms with Crippen molar-refractivity contribution >= 4 is 22.5 Å². The first kappa shape index (κ1) is 19.7. The molecule has 0 saturated heterocycles. The highest BCUT2D eigenvalue weighted by Gasteiger charge is 2.22. The molecule has 0 fully saturated rings. The first-order valence-corrected chi connectivity index (χ1v) is 10.2. The van der Waals surface area contributed by atoms with Crippen molar-refractivity contribution < 1.29 is 13.9 Å². The molecule has 5 rings (SSSR count). The number of carbonyl (C=O) groups excluding carboxylic acids is 1. The van der Waals surface area contributed by atoms with Gasteiger partial charge in [-0.25, -0.2) is 0 Å². The molecule has 0 atom stereocenters. The fraction of sp³-hybridized carbons (Fsp3) is 0.167. The molecule has 0 bridgehead atoms. The fourth-order valence-electron chi connectivity index (χ4n) is 3.90. The Morgan fingerprint density at radius 3 is 2.72 bits per heavy atom. The van der Waals surface area contributed by atoms with Gasteiger partial charge < -0.3 is 14.1 Å². The summed E-state index contributed by atoms with van der Waals surface area (Å²) in [7, 11) is 1.62. The van der Waals surface area contributed by atoms with Crippen molar-refractivity contribution in [3.05, 3.63) is 89.4 Å². The van der Waals surface area contributed by atoms with E-state index < -0.39 is 0 Å². The van der Waals surface area contributed by atoms with E-state index >= 15 is 0 Å². The van der Waals surface area contributed by atoms with E-state index in [0.717, 1.165) is 27.6 Å². The molecule has 0 radical (unpaired) electrons. The van der Waals surface area contributed by atoms with Gasteiger partial charge in [0.05, 0.1) is 32.0 Å². The molecule has 3 heterocycles. The maximum atomic E-state index is 13.3. The third-order valence-corrected chi connectivity index (χ3v) is 5.43. The number of fused-ring (bicyclic) bond motifs is 3. The highest BCUT2D eigenvalue weighted by atomic mass is 16.5. The molecular formula is C24H21N5O3. The normalized spacial score (nSPS) is 11.2. The highest BCUT2D eigenvalue weighted by Crippen LogP contribution is 2.25. The summed E-state index contributed by atoms with van der Waals surface area (Å²) in [5.74, 6) is 0.760. The lowest BCUT2D eigenvalue weighted by molar-refractivity contribution is 0.0697. The van der Waals surface area contributed by atoms with Crippen molar-refractivity contribution in [2.45, 2.75) is 20.0 Å². The Bertz CT molecular complexity index is 1410. The number of hydrogen-bond donors (Lipinski definition) is 0. The molecule has 5 aromatic rings. The Balaban J connectivity index is 1.59. The fourth-order valence-corrected chi connectivity index (χ4v) is 3.90. The first-order valence-electron chi connectivity index (χ1n) is 10.2. The third kappa shape index (κ3) is 3.56. The van der Waals surface area contributed by atoms with Crippen LogP contribution in [-0.2, 0) is 13.1 Å². The van der Waals surface area contributed by atoms with E-state index in [1.807, 2.05) is 49.4 Å². The van der Waals surface area contributed by atoms with Crippen LogP contribution in [0.1, 0.15) is 27.2 Å². The van der Waals surface area contributed by atoms with Crippen molar-refractivity contribution in [3.8, 4) is 5.75 Å². The number of hydrogen-bond acceptors (Lipinski definition) is 6. The van der Waals surface area contributed by atoms with Crippen molar-refractivity contribution in [3.63, 3.8) is 0 Å². The summed E-state index contributed by atoms with van der Waals surface area (Å²) in [5, 5.41) is 13.3. The second-order valence-corrected chi connectivity index (χ2v) is 7.60. The van der Waals surface area contributed by atoms with E-state index in [2.05, 4.69) is 21.6 Å². The van der Waals surface area contributed by atoms with E-state index in [0.29, 0.717) is 24.5 Å². The van der Waals surface area contributed by atoms with Crippen LogP contribution in [0.15, 0.2) is 71.3 Å². The Morgan fingerprint density at radius 2 is 1.91 bits per heavy atom. The van der Waals surface area contributed by atoms with Crippen LogP contribution in [0.5, 0.6) is 5.75 Å². The molecule has 0 saturated carbocycles. The number of aryl methyl sites for hydroxylation is 1. The van der Waals surface area contributed by atoms with Crippen molar-refractivity contribution in [2.24, 2.45) is 0 Å². The van der Waals surface area contributed by atoms with Gasteiger partial charge in [-0.3, -0.25) is 4.79 Å². The van der Waals surface area contributed by atoms with Crippen LogP contribution in [0, 0.1) is 6.92 Å². The molecule has 0 spiro atoms. The van der Waals surface area contributed by atoms with Crippen LogP contribution in [0.25, 0.3) is 16.6 Å². The molecule has 0 N–H and O–H groups in total. The maximum Gasteiger partial charge on any atom is 0.290 e. The van der Waals surface area contributed by atoms with Gasteiger partial charge in [-0.2, -0.15) is 4.52 Å². The number of pyridine rings is 1. The van der Waals surface area contributed by atoms with Gasteiger partial charge >= 0.3 is 0 Å². The van der Waals surface area contributed by atoms with Gasteiger partial charge in [0.15, 0.2) is 11.4 Å². The SMILES string of the molecule is COc1ccccc1CN(Cc1cc2cc(C)ccc2n2nnnc12)C(=O)c1ccco1. The van der Waals surface area contributed by atoms with Gasteiger partial charge in [-0.05, 0) is 53.7 Å². The Kier molecular flexibility index (Phi) is 5.03. The number of ether oxygens (including phenoxy) is 1. The standard InChI is InChI=1S/C24H21N5O3/c1-16-9-10-20-18(12-16)13-19(23-25-26-27-29(20)23)15-28(24(30)22-8-5-11-32-22)14-17-6-3-4-7-21(17)31-2/h3-13H,14-15H2,1-2H3. The summed E-state index contributed by atoms with van der Waals surface area (Å²) in [6.07, 6.45) is 1.49. The zero-order valence-electron chi connectivity index (χ0n) is 17.7. The molecule has 2 aromatic carbocycles. The van der Waals surface area contributed by atoms with Crippen LogP contribution in [0.2, 0.25) is 0 Å². The maximum absolute atomic E-state index is 13.3. The van der Waals surface area contributed by atoms with Crippen LogP contribution in [-0.4, -0.2) is 38.0 Å². The number of benzene rings is 2. The Labute approximate surface area is 184 Å². The van der Waals surface area contributed by atoms with Gasteiger partial charge in [0.1, 0.15) is 5.75 Å². The smallest absolute Gasteiger partial charge is 0.290 e. The average molecular weight is 427 g/mol. The largest absolute Gasteiger partial charge is 0.496 e. The number of tetrazole rings is 1. The molecule has 0 aliphatic rings. The lowest BCUT2D eigenvalue weighted by Gasteiger charge is -2.23. The zero-order chi connectivity index (χ0) is 22.1. The van der Waals surface area contributed by atoms with Crippen molar-refractivity contribution in [1.29, 1.82) is 0 Å². The number of amides is 1. The van der Waals surface area contributed by atoms with Gasteiger partial charge in [-0.1, -0.05) is 29.8 Å². The van der Waals surface area contributed by atoms with Crippen molar-refractivity contribution in [1.82, 2.24) is 24.9 Å². The summed E-state index contributed by atoms with van der Waals surface area (Å²) < 4.78 is 12.6. The number of rotatable bonds is 6. The number of furan rings is 1. The van der Waals surface area contributed by atoms with Gasteiger partial charge in [0.25, 0.3) is 5.91 Å². The summed E-state index contributed by atoms with van der Waals surface area (Å²) in [5.41, 5.74) is 4.38. The molecular weight excluding hydrogens is 406 g/mol. The lowest BCUT2D eigenvalue weighted by atomic mass is 10.1. The molecule has 0 aliphatic carbocycles. The van der Waals surface area contributed by atoms with Gasteiger partial charge in [0.2, 0.25) is 0 Å². The molecule has 8 heteroatoms. The minimum atomic E-state index is -0.226. The highest BCUT2D eigenvalue weighted by molar-refractivity contribution is 5.92. The summed E-state index contributed by atoms with van der Waals surface area (Å²) >= 11 is 0. The summed E-state index contributed by atoms with van der Waals surface area (Å²) in [6.45, 7) is 2.67. The Morgan fingerprint density at radius 1 is 1.06 bits per heavy atom. The van der Waals surface area contributed by atoms with Crippen LogP contribution in [0.3, 0.4) is 0 Å². The second-order valence-electron chi connectivity index (χ2n) is 7.60. The van der Waals surface area contributed by atoms with E-state index in [9.17, 15) is 4.79 Å². The van der Waals surface area contributed by atoms with E-state index in [1.165, 1.54) is 6.26 Å². The first-order chi connectivity index (χ1) is 15.6. The van der Waals surface area contributed by atoms with Gasteiger partial charge in [0, 0.05) is 16.5 Å². The molecule has 1 amide bonds. The third-order valence-electron chi connectivity index (χ3n) is 5.43. The number of nitrogens with zero attached hydrogens (tertiary/aromatic N) is 5. The Hall–Kier alpha value is -4.20. The lowest BCUT2D eigenvalue weighted by Crippen LogP contribution is -2.30. The number of aromatic nitrogens is 4. The topological polar surface area (TPSA) is 85.8 Å². The predicted molar refractivity (Wildman–Crippen MR) is 118 cm³/mol. The number of methoxy groups -OCH3 is 1. The summed E-state index contributed by atoms with van der Waals surface area (Å²) in [6, 6.07) is 19.2. The zero-order valence-corrected chi connectivity index (χ0v) is 17.7. The van der Waals surface area contributed by atoms with Gasteiger partial charge in [-0.15, -0.1) is 5.10 Å². The molecule has 3 aromatic heterocycles. The van der Waals surface area contributed by atoms with E-state index in [-0.39, 0.29) is 11.7 Å². The number of para-hydroxylation sites is 1. The minimum absolute atomic E-state index is 0.226. The van der Waals surface area contributed by atoms with E-state index in [4.69, 9.17) is 9.15 Å². The predicted octanol–water partition coefficient (Wildman–Crippen LogP) is 4.03. The molecule has 0 aliphatic heterocycles. The van der Waals surface area contributed by atoms with Crippen LogP contribution >= 0.6 is 0 Å². The molecule has 160 valence electrons. The monoisotopic (exact) mass is 427 g/mol. The molecule has 32 heavy (non-hydrogen) atoms. The van der Waals surface area contributed by atoms with Crippen molar-refractivity contribution in [2.75, 3.05) is 7.11 Å². The minimum Gasteiger partial charge on any atom is -0.496 e. The van der Waals surface area contributed by atoms with Crippen LogP contribution in [0.4, 0.5) is 0 Å². The van der Waals surface area contributed by atoms with E-state index in [1.54, 1.807) is 28.7 Å². The quantitative estimate of drug-likeness (QED) is 0.407. The number of carbonyl (C=O) groups is 1. The summed E-state index contributed by atoms with van der Waals surface area (Å²) in [4.78, 5) is 15.0. The average Bonchev–Trinajstić information content (AvgIpc) is 3.51.